The Balaban J connectivity index is 1.45. The molecule has 0 fully saturated rings. The van der Waals surface area contributed by atoms with E-state index in [9.17, 15) is 9.18 Å². The van der Waals surface area contributed by atoms with Crippen LogP contribution in [-0.2, 0) is 6.42 Å². The van der Waals surface area contributed by atoms with Crippen molar-refractivity contribution in [2.24, 2.45) is 0 Å². The van der Waals surface area contributed by atoms with Gasteiger partial charge in [-0.2, -0.15) is 5.10 Å². The van der Waals surface area contributed by atoms with Gasteiger partial charge in [-0.3, -0.25) is 15.1 Å². The number of benzene rings is 2. The summed E-state index contributed by atoms with van der Waals surface area (Å²) >= 11 is 1.34. The van der Waals surface area contributed by atoms with E-state index in [0.717, 1.165) is 21.8 Å². The van der Waals surface area contributed by atoms with Gasteiger partial charge in [0.2, 0.25) is 0 Å². The van der Waals surface area contributed by atoms with Gasteiger partial charge in [0.15, 0.2) is 5.13 Å². The molecule has 1 amide bonds. The Hall–Kier alpha value is -4.17. The molecule has 34 heavy (non-hydrogen) atoms. The van der Waals surface area contributed by atoms with Crippen LogP contribution < -0.4 is 5.32 Å². The molecule has 6 nitrogen and oxygen atoms in total. The molecule has 0 saturated heterocycles. The van der Waals surface area contributed by atoms with Gasteiger partial charge in [0.05, 0.1) is 16.9 Å². The van der Waals surface area contributed by atoms with E-state index >= 15 is 0 Å². The molecular weight excluding hydrogens is 449 g/mol. The highest BCUT2D eigenvalue weighted by molar-refractivity contribution is 7.15. The summed E-state index contributed by atoms with van der Waals surface area (Å²) in [5, 5.41) is 8.01. The van der Waals surface area contributed by atoms with E-state index in [1.54, 1.807) is 41.5 Å². The summed E-state index contributed by atoms with van der Waals surface area (Å²) in [6, 6.07) is 19.9. The van der Waals surface area contributed by atoms with Gasteiger partial charge in [-0.15, -0.1) is 11.3 Å². The smallest absolute Gasteiger partial charge is 0.261 e. The molecule has 0 atom stereocenters. The van der Waals surface area contributed by atoms with Crippen LogP contribution in [-0.4, -0.2) is 25.7 Å². The monoisotopic (exact) mass is 469 g/mol. The molecule has 0 radical (unpaired) electrons. The Bertz CT molecular complexity index is 1450. The van der Waals surface area contributed by atoms with Crippen LogP contribution in [0.3, 0.4) is 0 Å². The van der Waals surface area contributed by atoms with E-state index in [-0.39, 0.29) is 11.7 Å². The first-order valence-electron chi connectivity index (χ1n) is 10.6. The van der Waals surface area contributed by atoms with Crippen molar-refractivity contribution in [2.75, 3.05) is 5.32 Å². The standard InChI is InChI=1S/C26H20FN5OS/c1-17-23(14-18-8-5-6-12-22(18)27)34-26(29-17)30-25(33)21-16-32(20-10-3-2-4-11-20)31-24(21)19-9-7-13-28-15-19/h2-13,15-16H,14H2,1H3,(H,29,30,33). The number of amides is 1. The molecule has 2 aromatic carbocycles. The summed E-state index contributed by atoms with van der Waals surface area (Å²) in [5.41, 5.74) is 3.85. The average Bonchev–Trinajstić information content (AvgIpc) is 3.45. The summed E-state index contributed by atoms with van der Waals surface area (Å²) in [4.78, 5) is 22.9. The molecule has 0 aliphatic heterocycles. The number of hydrogen-bond acceptors (Lipinski definition) is 5. The number of pyridine rings is 1. The van der Waals surface area contributed by atoms with Crippen molar-refractivity contribution in [1.29, 1.82) is 0 Å². The molecule has 0 aliphatic rings. The first kappa shape index (κ1) is 21.7. The van der Waals surface area contributed by atoms with E-state index in [1.165, 1.54) is 17.4 Å². The number of anilines is 1. The second-order valence-corrected chi connectivity index (χ2v) is 8.75. The van der Waals surface area contributed by atoms with Gasteiger partial charge in [0.25, 0.3) is 5.91 Å². The van der Waals surface area contributed by atoms with Crippen molar-refractivity contribution in [3.05, 3.63) is 113 Å². The van der Waals surface area contributed by atoms with Crippen LogP contribution >= 0.6 is 11.3 Å². The van der Waals surface area contributed by atoms with Crippen LogP contribution in [0.4, 0.5) is 9.52 Å². The Morgan fingerprint density at radius 1 is 1.06 bits per heavy atom. The Morgan fingerprint density at radius 3 is 2.62 bits per heavy atom. The summed E-state index contributed by atoms with van der Waals surface area (Å²) < 4.78 is 15.8. The van der Waals surface area contributed by atoms with Crippen molar-refractivity contribution in [1.82, 2.24) is 19.7 Å². The van der Waals surface area contributed by atoms with Gasteiger partial charge in [-0.05, 0) is 42.8 Å². The van der Waals surface area contributed by atoms with Gasteiger partial charge in [-0.1, -0.05) is 36.4 Å². The van der Waals surface area contributed by atoms with Gasteiger partial charge >= 0.3 is 0 Å². The quantitative estimate of drug-likeness (QED) is 0.347. The fourth-order valence-electron chi connectivity index (χ4n) is 3.59. The lowest BCUT2D eigenvalue weighted by Crippen LogP contribution is -2.12. The third-order valence-electron chi connectivity index (χ3n) is 5.34. The molecule has 0 unspecified atom stereocenters. The SMILES string of the molecule is Cc1nc(NC(=O)c2cn(-c3ccccc3)nc2-c2cccnc2)sc1Cc1ccccc1F. The number of aromatic nitrogens is 4. The Labute approximate surface area is 199 Å². The largest absolute Gasteiger partial charge is 0.298 e. The van der Waals surface area contributed by atoms with Crippen LogP contribution in [0.2, 0.25) is 0 Å². The number of nitrogens with one attached hydrogen (secondary N) is 1. The minimum absolute atomic E-state index is 0.254. The number of carbonyl (C=O) groups is 1. The second kappa shape index (κ2) is 9.36. The molecule has 5 aromatic rings. The van der Waals surface area contributed by atoms with Crippen molar-refractivity contribution in [3.8, 4) is 16.9 Å². The predicted octanol–water partition coefficient (Wildman–Crippen LogP) is 5.68. The summed E-state index contributed by atoms with van der Waals surface area (Å²) in [6.07, 6.45) is 5.47. The first-order chi connectivity index (χ1) is 16.6. The summed E-state index contributed by atoms with van der Waals surface area (Å²) in [5.74, 6) is -0.581. The molecule has 3 heterocycles. The van der Waals surface area contributed by atoms with Gasteiger partial charge in [0.1, 0.15) is 11.5 Å². The molecule has 0 spiro atoms. The zero-order valence-electron chi connectivity index (χ0n) is 18.3. The number of thiazole rings is 1. The Morgan fingerprint density at radius 2 is 1.85 bits per heavy atom. The van der Waals surface area contributed by atoms with Gasteiger partial charge < -0.3 is 0 Å². The minimum atomic E-state index is -0.327. The highest BCUT2D eigenvalue weighted by Gasteiger charge is 2.21. The van der Waals surface area contributed by atoms with E-state index in [2.05, 4.69) is 20.4 Å². The lowest BCUT2D eigenvalue weighted by molar-refractivity contribution is 0.102. The van der Waals surface area contributed by atoms with Crippen molar-refractivity contribution in [2.45, 2.75) is 13.3 Å². The van der Waals surface area contributed by atoms with Crippen molar-refractivity contribution >= 4 is 22.4 Å². The maximum atomic E-state index is 14.1. The van der Waals surface area contributed by atoms with Crippen LogP contribution in [0.1, 0.15) is 26.5 Å². The molecule has 3 aromatic heterocycles. The predicted molar refractivity (Wildman–Crippen MR) is 131 cm³/mol. The van der Waals surface area contributed by atoms with E-state index in [4.69, 9.17) is 0 Å². The lowest BCUT2D eigenvalue weighted by atomic mass is 10.1. The zero-order valence-corrected chi connectivity index (χ0v) is 19.1. The number of para-hydroxylation sites is 1. The normalized spacial score (nSPS) is 10.9. The maximum Gasteiger partial charge on any atom is 0.261 e. The molecule has 5 rings (SSSR count). The fourth-order valence-corrected chi connectivity index (χ4v) is 4.57. The molecule has 0 saturated carbocycles. The van der Waals surface area contributed by atoms with Gasteiger partial charge in [0, 0.05) is 35.5 Å². The highest BCUT2D eigenvalue weighted by atomic mass is 32.1. The zero-order chi connectivity index (χ0) is 23.5. The van der Waals surface area contributed by atoms with E-state index < -0.39 is 0 Å². The van der Waals surface area contributed by atoms with Crippen LogP contribution in [0, 0.1) is 12.7 Å². The van der Waals surface area contributed by atoms with E-state index in [0.29, 0.717) is 28.4 Å². The number of nitrogens with zero attached hydrogens (tertiary/aromatic N) is 4. The van der Waals surface area contributed by atoms with E-state index in [1.807, 2.05) is 49.4 Å². The van der Waals surface area contributed by atoms with Crippen molar-refractivity contribution in [3.63, 3.8) is 0 Å². The highest BCUT2D eigenvalue weighted by Crippen LogP contribution is 2.28. The number of carbonyl (C=O) groups excluding carboxylic acids is 1. The number of aryl methyl sites for hydroxylation is 1. The van der Waals surface area contributed by atoms with Crippen LogP contribution in [0.5, 0.6) is 0 Å². The lowest BCUT2D eigenvalue weighted by Gasteiger charge is -2.02. The Kier molecular flexibility index (Phi) is 5.97. The van der Waals surface area contributed by atoms with Gasteiger partial charge in [-0.25, -0.2) is 14.1 Å². The average molecular weight is 470 g/mol. The number of halogens is 1. The summed E-state index contributed by atoms with van der Waals surface area (Å²) in [6.45, 7) is 1.86. The minimum Gasteiger partial charge on any atom is -0.298 e. The fraction of sp³-hybridized carbons (Fsp3) is 0.0769. The van der Waals surface area contributed by atoms with Crippen molar-refractivity contribution < 1.29 is 9.18 Å². The molecule has 0 bridgehead atoms. The van der Waals surface area contributed by atoms with Crippen LogP contribution in [0.15, 0.2) is 85.3 Å². The molecular formula is C26H20FN5OS. The summed E-state index contributed by atoms with van der Waals surface area (Å²) in [7, 11) is 0. The number of rotatable bonds is 6. The number of hydrogen-bond donors (Lipinski definition) is 1. The second-order valence-electron chi connectivity index (χ2n) is 7.66. The third kappa shape index (κ3) is 4.49. The van der Waals surface area contributed by atoms with Crippen LogP contribution in [0.25, 0.3) is 16.9 Å². The third-order valence-corrected chi connectivity index (χ3v) is 6.41. The maximum absolute atomic E-state index is 14.1. The first-order valence-corrected chi connectivity index (χ1v) is 11.5. The molecule has 168 valence electrons. The molecule has 0 aliphatic carbocycles. The topological polar surface area (TPSA) is 72.7 Å². The molecule has 1 N–H and O–H groups in total. The molecule has 8 heteroatoms.